The first-order valence-electron chi connectivity index (χ1n) is 11.0. The van der Waals surface area contributed by atoms with Gasteiger partial charge < -0.3 is 9.80 Å². The lowest BCUT2D eigenvalue weighted by atomic mass is 9.86. The molecule has 2 aromatic rings. The summed E-state index contributed by atoms with van der Waals surface area (Å²) in [6, 6.07) is 13.2. The van der Waals surface area contributed by atoms with Crippen LogP contribution in [0.4, 0.5) is 13.2 Å². The summed E-state index contributed by atoms with van der Waals surface area (Å²) in [6.45, 7) is 5.11. The predicted octanol–water partition coefficient (Wildman–Crippen LogP) is 4.49. The number of alkyl halides is 3. The number of hydrogen-bond donors (Lipinski definition) is 0. The zero-order chi connectivity index (χ0) is 23.0. The molecule has 2 heterocycles. The number of benzene rings is 2. The molecule has 0 spiro atoms. The fourth-order valence-electron chi connectivity index (χ4n) is 4.80. The maximum absolute atomic E-state index is 13.6. The summed E-state index contributed by atoms with van der Waals surface area (Å²) in [5.74, 6) is -1.45. The van der Waals surface area contributed by atoms with Crippen LogP contribution in [-0.4, -0.2) is 41.2 Å². The standard InChI is InChI=1S/C25H27F3N2O2/c1-16(2)23(31)30-14-21(18-8-5-9-20(12-18)25(26,27)28)22(15-30)24(32)29-11-10-17-6-3-4-7-19(17)13-29/h3-9,12,16,21-22H,10-11,13-15H2,1-2H3. The van der Waals surface area contributed by atoms with Crippen LogP contribution in [0.2, 0.25) is 0 Å². The average molecular weight is 444 g/mol. The zero-order valence-electron chi connectivity index (χ0n) is 18.2. The van der Waals surface area contributed by atoms with Gasteiger partial charge in [-0.25, -0.2) is 0 Å². The summed E-state index contributed by atoms with van der Waals surface area (Å²) in [6.07, 6.45) is -3.71. The molecule has 2 aliphatic rings. The fraction of sp³-hybridized carbons (Fsp3) is 0.440. The van der Waals surface area contributed by atoms with E-state index in [1.54, 1.807) is 29.7 Å². The van der Waals surface area contributed by atoms with Crippen LogP contribution in [0.1, 0.15) is 42.0 Å². The van der Waals surface area contributed by atoms with Gasteiger partial charge in [0, 0.05) is 38.0 Å². The van der Waals surface area contributed by atoms with Gasteiger partial charge in [-0.1, -0.05) is 56.3 Å². The Balaban J connectivity index is 1.63. The van der Waals surface area contributed by atoms with Crippen LogP contribution >= 0.6 is 0 Å². The first kappa shape index (κ1) is 22.4. The highest BCUT2D eigenvalue weighted by molar-refractivity contribution is 5.84. The summed E-state index contributed by atoms with van der Waals surface area (Å²) in [4.78, 5) is 29.7. The Morgan fingerprint density at radius 3 is 2.38 bits per heavy atom. The summed E-state index contributed by atoms with van der Waals surface area (Å²) < 4.78 is 39.9. The molecule has 4 rings (SSSR count). The highest BCUT2D eigenvalue weighted by atomic mass is 19.4. The minimum absolute atomic E-state index is 0.0822. The number of nitrogens with zero attached hydrogens (tertiary/aromatic N) is 2. The van der Waals surface area contributed by atoms with Crippen LogP contribution in [0.3, 0.4) is 0 Å². The van der Waals surface area contributed by atoms with E-state index in [2.05, 4.69) is 6.07 Å². The number of fused-ring (bicyclic) bond motifs is 1. The van der Waals surface area contributed by atoms with Gasteiger partial charge in [0.15, 0.2) is 0 Å². The molecule has 2 aromatic carbocycles. The normalized spacial score (nSPS) is 21.1. The van der Waals surface area contributed by atoms with Gasteiger partial charge in [0.05, 0.1) is 11.5 Å². The van der Waals surface area contributed by atoms with Crippen molar-refractivity contribution in [3.05, 3.63) is 70.8 Å². The Kier molecular flexibility index (Phi) is 6.01. The molecule has 2 atom stereocenters. The van der Waals surface area contributed by atoms with E-state index in [1.807, 2.05) is 18.2 Å². The van der Waals surface area contributed by atoms with E-state index >= 15 is 0 Å². The fourth-order valence-corrected chi connectivity index (χ4v) is 4.80. The third kappa shape index (κ3) is 4.38. The van der Waals surface area contributed by atoms with Gasteiger partial charge in [-0.3, -0.25) is 9.59 Å². The monoisotopic (exact) mass is 444 g/mol. The van der Waals surface area contributed by atoms with E-state index in [-0.39, 0.29) is 30.8 Å². The molecule has 4 nitrogen and oxygen atoms in total. The number of carbonyl (C=O) groups is 2. The Bertz CT molecular complexity index is 1020. The quantitative estimate of drug-likeness (QED) is 0.700. The van der Waals surface area contributed by atoms with E-state index in [4.69, 9.17) is 0 Å². The lowest BCUT2D eigenvalue weighted by Gasteiger charge is -2.32. The number of rotatable bonds is 3. The van der Waals surface area contributed by atoms with Crippen molar-refractivity contribution in [1.29, 1.82) is 0 Å². The lowest BCUT2D eigenvalue weighted by Crippen LogP contribution is -2.42. The molecule has 0 saturated carbocycles. The molecule has 32 heavy (non-hydrogen) atoms. The van der Waals surface area contributed by atoms with Gasteiger partial charge in [-0.05, 0) is 29.2 Å². The van der Waals surface area contributed by atoms with Crippen molar-refractivity contribution in [3.63, 3.8) is 0 Å². The average Bonchev–Trinajstić information content (AvgIpc) is 3.22. The molecule has 0 radical (unpaired) electrons. The van der Waals surface area contributed by atoms with Gasteiger partial charge >= 0.3 is 6.18 Å². The number of hydrogen-bond acceptors (Lipinski definition) is 2. The molecule has 1 saturated heterocycles. The van der Waals surface area contributed by atoms with Crippen LogP contribution in [0.25, 0.3) is 0 Å². The molecule has 1 fully saturated rings. The van der Waals surface area contributed by atoms with Crippen molar-refractivity contribution in [2.75, 3.05) is 19.6 Å². The Hall–Kier alpha value is -2.83. The SMILES string of the molecule is CC(C)C(=O)N1CC(C(=O)N2CCc3ccccc3C2)C(c2cccc(C(F)(F)F)c2)C1. The third-order valence-electron chi connectivity index (χ3n) is 6.53. The maximum atomic E-state index is 13.6. The molecule has 2 aliphatic heterocycles. The number of amides is 2. The van der Waals surface area contributed by atoms with E-state index < -0.39 is 23.6 Å². The molecule has 0 aliphatic carbocycles. The van der Waals surface area contributed by atoms with Crippen molar-refractivity contribution >= 4 is 11.8 Å². The van der Waals surface area contributed by atoms with Gasteiger partial charge in [0.2, 0.25) is 11.8 Å². The number of halogens is 3. The number of likely N-dealkylation sites (tertiary alicyclic amines) is 1. The molecule has 2 unspecified atom stereocenters. The van der Waals surface area contributed by atoms with Crippen LogP contribution in [0.5, 0.6) is 0 Å². The Morgan fingerprint density at radius 1 is 0.969 bits per heavy atom. The van der Waals surface area contributed by atoms with Crippen molar-refractivity contribution in [2.24, 2.45) is 11.8 Å². The largest absolute Gasteiger partial charge is 0.416 e. The molecule has 0 bridgehead atoms. The smallest absolute Gasteiger partial charge is 0.341 e. The van der Waals surface area contributed by atoms with E-state index in [0.717, 1.165) is 24.1 Å². The minimum atomic E-state index is -4.46. The van der Waals surface area contributed by atoms with Gasteiger partial charge in [0.1, 0.15) is 0 Å². The van der Waals surface area contributed by atoms with E-state index in [9.17, 15) is 22.8 Å². The summed E-state index contributed by atoms with van der Waals surface area (Å²) in [7, 11) is 0. The van der Waals surface area contributed by atoms with Gasteiger partial charge in [-0.2, -0.15) is 13.2 Å². The first-order valence-corrected chi connectivity index (χ1v) is 11.0. The van der Waals surface area contributed by atoms with Crippen molar-refractivity contribution < 1.29 is 22.8 Å². The zero-order valence-corrected chi connectivity index (χ0v) is 18.2. The third-order valence-corrected chi connectivity index (χ3v) is 6.53. The second-order valence-electron chi connectivity index (χ2n) is 9.01. The van der Waals surface area contributed by atoms with Crippen molar-refractivity contribution in [3.8, 4) is 0 Å². The van der Waals surface area contributed by atoms with Crippen LogP contribution in [0.15, 0.2) is 48.5 Å². The summed E-state index contributed by atoms with van der Waals surface area (Å²) in [5, 5.41) is 0. The maximum Gasteiger partial charge on any atom is 0.416 e. The predicted molar refractivity (Wildman–Crippen MR) is 115 cm³/mol. The number of carbonyl (C=O) groups excluding carboxylic acids is 2. The molecule has 0 N–H and O–H groups in total. The van der Waals surface area contributed by atoms with Crippen LogP contribution in [-0.2, 0) is 28.7 Å². The first-order chi connectivity index (χ1) is 15.1. The van der Waals surface area contributed by atoms with Crippen LogP contribution in [0, 0.1) is 11.8 Å². The second kappa shape index (κ2) is 8.60. The highest BCUT2D eigenvalue weighted by Crippen LogP contribution is 2.38. The van der Waals surface area contributed by atoms with E-state index in [1.165, 1.54) is 11.6 Å². The van der Waals surface area contributed by atoms with Gasteiger partial charge in [0.25, 0.3) is 0 Å². The molecule has 0 aromatic heterocycles. The minimum Gasteiger partial charge on any atom is -0.341 e. The molecular formula is C25H27F3N2O2. The molecule has 2 amide bonds. The highest BCUT2D eigenvalue weighted by Gasteiger charge is 2.43. The second-order valence-corrected chi connectivity index (χ2v) is 9.01. The summed E-state index contributed by atoms with van der Waals surface area (Å²) in [5.41, 5.74) is 2.03. The van der Waals surface area contributed by atoms with Crippen LogP contribution < -0.4 is 0 Å². The van der Waals surface area contributed by atoms with Crippen molar-refractivity contribution in [1.82, 2.24) is 9.80 Å². The van der Waals surface area contributed by atoms with Gasteiger partial charge in [-0.15, -0.1) is 0 Å². The van der Waals surface area contributed by atoms with E-state index in [0.29, 0.717) is 18.7 Å². The summed E-state index contributed by atoms with van der Waals surface area (Å²) >= 11 is 0. The molecule has 7 heteroatoms. The Morgan fingerprint density at radius 2 is 1.69 bits per heavy atom. The molecule has 170 valence electrons. The van der Waals surface area contributed by atoms with Crippen molar-refractivity contribution in [2.45, 2.75) is 38.9 Å². The Labute approximate surface area is 186 Å². The lowest BCUT2D eigenvalue weighted by molar-refractivity contribution is -0.138. The topological polar surface area (TPSA) is 40.6 Å². The molecular weight excluding hydrogens is 417 g/mol.